The van der Waals surface area contributed by atoms with Crippen molar-refractivity contribution >= 4 is 10.9 Å². The van der Waals surface area contributed by atoms with E-state index in [0.717, 1.165) is 22.2 Å². The van der Waals surface area contributed by atoms with Gasteiger partial charge >= 0.3 is 0 Å². The van der Waals surface area contributed by atoms with Crippen molar-refractivity contribution in [2.24, 2.45) is 0 Å². The molecule has 3 heteroatoms. The molecule has 0 saturated carbocycles. The molecule has 0 aliphatic rings. The molecule has 0 amide bonds. The van der Waals surface area contributed by atoms with E-state index in [2.05, 4.69) is 24.2 Å². The fraction of sp³-hybridized carbons (Fsp3) is 0.125. The highest BCUT2D eigenvalue weighted by atomic mass is 15.3. The smallest absolute Gasteiger partial charge is 0.0995 e. The van der Waals surface area contributed by atoms with Crippen LogP contribution in [0.15, 0.2) is 48.5 Å². The summed E-state index contributed by atoms with van der Waals surface area (Å²) in [5.74, 6) is 0. The van der Waals surface area contributed by atoms with Gasteiger partial charge in [0.2, 0.25) is 0 Å². The zero-order chi connectivity index (χ0) is 13.2. The van der Waals surface area contributed by atoms with E-state index in [0.29, 0.717) is 12.1 Å². The summed E-state index contributed by atoms with van der Waals surface area (Å²) in [6, 6.07) is 18.0. The molecule has 0 aliphatic heterocycles. The molecule has 3 rings (SSSR count). The number of nitrogens with zero attached hydrogens (tertiary/aromatic N) is 3. The van der Waals surface area contributed by atoms with Crippen LogP contribution in [-0.4, -0.2) is 9.78 Å². The van der Waals surface area contributed by atoms with Crippen molar-refractivity contribution in [3.8, 4) is 6.07 Å². The van der Waals surface area contributed by atoms with E-state index in [-0.39, 0.29) is 0 Å². The molecule has 1 aromatic heterocycles. The van der Waals surface area contributed by atoms with Crippen LogP contribution in [0.1, 0.15) is 16.8 Å². The third kappa shape index (κ3) is 1.98. The third-order valence-corrected chi connectivity index (χ3v) is 3.37. The van der Waals surface area contributed by atoms with Crippen molar-refractivity contribution in [3.05, 3.63) is 65.4 Å². The Morgan fingerprint density at radius 1 is 1.11 bits per heavy atom. The predicted octanol–water partition coefficient (Wildman–Crippen LogP) is 3.26. The second-order valence-electron chi connectivity index (χ2n) is 4.53. The first-order valence-corrected chi connectivity index (χ1v) is 6.20. The average Bonchev–Trinajstić information content (AvgIpc) is 2.77. The maximum Gasteiger partial charge on any atom is 0.0995 e. The van der Waals surface area contributed by atoms with E-state index in [9.17, 15) is 0 Å². The van der Waals surface area contributed by atoms with Crippen molar-refractivity contribution in [2.45, 2.75) is 13.5 Å². The van der Waals surface area contributed by atoms with Gasteiger partial charge in [0.25, 0.3) is 0 Å². The summed E-state index contributed by atoms with van der Waals surface area (Å²) in [4.78, 5) is 0. The van der Waals surface area contributed by atoms with Crippen LogP contribution in [0, 0.1) is 18.3 Å². The number of nitriles is 1. The zero-order valence-corrected chi connectivity index (χ0v) is 10.7. The quantitative estimate of drug-likeness (QED) is 0.697. The Morgan fingerprint density at radius 2 is 1.84 bits per heavy atom. The van der Waals surface area contributed by atoms with Gasteiger partial charge in [-0.1, -0.05) is 36.4 Å². The Balaban J connectivity index is 2.07. The molecular formula is C16H13N3. The second-order valence-corrected chi connectivity index (χ2v) is 4.53. The van der Waals surface area contributed by atoms with Crippen LogP contribution in [0.25, 0.3) is 10.9 Å². The molecule has 0 saturated heterocycles. The Bertz CT molecular complexity index is 778. The largest absolute Gasteiger partial charge is 0.264 e. The molecule has 92 valence electrons. The van der Waals surface area contributed by atoms with Crippen molar-refractivity contribution in [1.82, 2.24) is 9.78 Å². The zero-order valence-electron chi connectivity index (χ0n) is 10.7. The van der Waals surface area contributed by atoms with E-state index in [1.807, 2.05) is 47.1 Å². The fourth-order valence-corrected chi connectivity index (χ4v) is 2.29. The summed E-state index contributed by atoms with van der Waals surface area (Å²) in [6.07, 6.45) is 0. The first-order valence-electron chi connectivity index (χ1n) is 6.20. The summed E-state index contributed by atoms with van der Waals surface area (Å²) in [5, 5.41) is 14.9. The molecule has 3 nitrogen and oxygen atoms in total. The van der Waals surface area contributed by atoms with Crippen LogP contribution in [-0.2, 0) is 6.54 Å². The molecule has 0 fully saturated rings. The maximum atomic E-state index is 9.13. The maximum absolute atomic E-state index is 9.13. The topological polar surface area (TPSA) is 41.6 Å². The van der Waals surface area contributed by atoms with Gasteiger partial charge in [-0.3, -0.25) is 4.68 Å². The SMILES string of the molecule is Cc1c2ccccc2nn1Cc1ccccc1C#N. The molecule has 0 atom stereocenters. The van der Waals surface area contributed by atoms with Crippen molar-refractivity contribution < 1.29 is 0 Å². The number of aromatic nitrogens is 2. The van der Waals surface area contributed by atoms with Gasteiger partial charge in [-0.15, -0.1) is 0 Å². The van der Waals surface area contributed by atoms with E-state index in [4.69, 9.17) is 5.26 Å². The Hall–Kier alpha value is -2.60. The molecule has 0 radical (unpaired) electrons. The van der Waals surface area contributed by atoms with Crippen molar-refractivity contribution in [2.75, 3.05) is 0 Å². The molecule has 19 heavy (non-hydrogen) atoms. The number of aryl methyl sites for hydroxylation is 1. The van der Waals surface area contributed by atoms with Gasteiger partial charge in [-0.25, -0.2) is 0 Å². The monoisotopic (exact) mass is 247 g/mol. The molecule has 0 unspecified atom stereocenters. The van der Waals surface area contributed by atoms with Crippen molar-refractivity contribution in [1.29, 1.82) is 5.26 Å². The van der Waals surface area contributed by atoms with E-state index in [1.54, 1.807) is 0 Å². The number of hydrogen-bond acceptors (Lipinski definition) is 2. The number of benzene rings is 2. The molecular weight excluding hydrogens is 234 g/mol. The van der Waals surface area contributed by atoms with Crippen LogP contribution in [0.3, 0.4) is 0 Å². The minimum atomic E-state index is 0.629. The molecule has 3 aromatic rings. The summed E-state index contributed by atoms with van der Waals surface area (Å²) in [7, 11) is 0. The van der Waals surface area contributed by atoms with E-state index in [1.165, 1.54) is 0 Å². The van der Waals surface area contributed by atoms with Gasteiger partial charge in [0, 0.05) is 11.1 Å². The molecule has 0 spiro atoms. The van der Waals surface area contributed by atoms with Gasteiger partial charge in [-0.05, 0) is 24.6 Å². The Kier molecular flexibility index (Phi) is 2.77. The second kappa shape index (κ2) is 4.58. The minimum absolute atomic E-state index is 0.629. The van der Waals surface area contributed by atoms with Crippen LogP contribution in [0.5, 0.6) is 0 Å². The summed E-state index contributed by atoms with van der Waals surface area (Å²) < 4.78 is 1.96. The molecule has 0 N–H and O–H groups in total. The first-order chi connectivity index (χ1) is 9.29. The van der Waals surface area contributed by atoms with Gasteiger partial charge in [-0.2, -0.15) is 10.4 Å². The summed E-state index contributed by atoms with van der Waals surface area (Å²) in [6.45, 7) is 2.69. The highest BCUT2D eigenvalue weighted by molar-refractivity contribution is 5.81. The third-order valence-electron chi connectivity index (χ3n) is 3.37. The molecule has 0 aliphatic carbocycles. The Labute approximate surface area is 111 Å². The first kappa shape index (κ1) is 11.5. The summed E-state index contributed by atoms with van der Waals surface area (Å²) >= 11 is 0. The summed E-state index contributed by atoms with van der Waals surface area (Å²) in [5.41, 5.74) is 3.83. The lowest BCUT2D eigenvalue weighted by molar-refractivity contribution is 0.672. The van der Waals surface area contributed by atoms with Gasteiger partial charge in [0.1, 0.15) is 0 Å². The minimum Gasteiger partial charge on any atom is -0.264 e. The molecule has 0 bridgehead atoms. The van der Waals surface area contributed by atoms with Crippen molar-refractivity contribution in [3.63, 3.8) is 0 Å². The van der Waals surface area contributed by atoms with Crippen LogP contribution in [0.4, 0.5) is 0 Å². The van der Waals surface area contributed by atoms with Gasteiger partial charge < -0.3 is 0 Å². The van der Waals surface area contributed by atoms with Crippen LogP contribution < -0.4 is 0 Å². The van der Waals surface area contributed by atoms with E-state index >= 15 is 0 Å². The number of rotatable bonds is 2. The number of fused-ring (bicyclic) bond motifs is 1. The van der Waals surface area contributed by atoms with Crippen LogP contribution >= 0.6 is 0 Å². The Morgan fingerprint density at radius 3 is 2.63 bits per heavy atom. The van der Waals surface area contributed by atoms with E-state index < -0.39 is 0 Å². The lowest BCUT2D eigenvalue weighted by Gasteiger charge is -2.06. The standard InChI is InChI=1S/C16H13N3/c1-12-15-8-4-5-9-16(15)18-19(12)11-14-7-3-2-6-13(14)10-17/h2-9H,11H2,1H3. The highest BCUT2D eigenvalue weighted by Crippen LogP contribution is 2.19. The molecule has 2 aromatic carbocycles. The normalized spacial score (nSPS) is 10.5. The lowest BCUT2D eigenvalue weighted by Crippen LogP contribution is -2.05. The highest BCUT2D eigenvalue weighted by Gasteiger charge is 2.08. The van der Waals surface area contributed by atoms with Gasteiger partial charge in [0.15, 0.2) is 0 Å². The van der Waals surface area contributed by atoms with Crippen LogP contribution in [0.2, 0.25) is 0 Å². The number of hydrogen-bond donors (Lipinski definition) is 0. The average molecular weight is 247 g/mol. The lowest BCUT2D eigenvalue weighted by atomic mass is 10.1. The fourth-order valence-electron chi connectivity index (χ4n) is 2.29. The predicted molar refractivity (Wildman–Crippen MR) is 74.7 cm³/mol. The van der Waals surface area contributed by atoms with Gasteiger partial charge in [0.05, 0.1) is 23.7 Å². The molecule has 1 heterocycles.